The number of rotatable bonds is 2. The standard InChI is InChI=1S/C22H13BrClN3/c23-15-7-5-14(6-8-15)21-19-13-25-20-4-2-1-3-18(20)22(19)27(26-21)17-11-9-16(24)10-12-17/h1-13H. The third-order valence-electron chi connectivity index (χ3n) is 4.60. The van der Waals surface area contributed by atoms with E-state index in [4.69, 9.17) is 16.7 Å². The second-order valence-corrected chi connectivity index (χ2v) is 7.63. The van der Waals surface area contributed by atoms with Crippen LogP contribution in [-0.2, 0) is 0 Å². The van der Waals surface area contributed by atoms with Crippen molar-refractivity contribution in [2.75, 3.05) is 0 Å². The summed E-state index contributed by atoms with van der Waals surface area (Å²) in [7, 11) is 0. The molecule has 2 aromatic heterocycles. The largest absolute Gasteiger partial charge is 0.255 e. The molecule has 5 aromatic rings. The van der Waals surface area contributed by atoms with Crippen LogP contribution in [0.4, 0.5) is 0 Å². The van der Waals surface area contributed by atoms with Gasteiger partial charge in [0.25, 0.3) is 0 Å². The number of hydrogen-bond acceptors (Lipinski definition) is 2. The van der Waals surface area contributed by atoms with Crippen molar-refractivity contribution in [2.24, 2.45) is 0 Å². The first-order valence-electron chi connectivity index (χ1n) is 8.49. The fraction of sp³-hybridized carbons (Fsp3) is 0. The first kappa shape index (κ1) is 16.5. The van der Waals surface area contributed by atoms with Crippen molar-refractivity contribution in [1.82, 2.24) is 14.8 Å². The van der Waals surface area contributed by atoms with Gasteiger partial charge in [-0.1, -0.05) is 57.9 Å². The van der Waals surface area contributed by atoms with E-state index in [0.717, 1.165) is 43.2 Å². The van der Waals surface area contributed by atoms with Crippen LogP contribution in [-0.4, -0.2) is 14.8 Å². The SMILES string of the molecule is Clc1ccc(-n2nc(-c3ccc(Br)cc3)c3cnc4ccccc4c32)cc1. The van der Waals surface area contributed by atoms with Crippen LogP contribution in [0.5, 0.6) is 0 Å². The van der Waals surface area contributed by atoms with Gasteiger partial charge in [0, 0.05) is 32.0 Å². The Kier molecular flexibility index (Phi) is 3.96. The Morgan fingerprint density at radius 2 is 1.56 bits per heavy atom. The van der Waals surface area contributed by atoms with Gasteiger partial charge < -0.3 is 0 Å². The second kappa shape index (κ2) is 6.48. The topological polar surface area (TPSA) is 30.7 Å². The zero-order valence-corrected chi connectivity index (χ0v) is 16.4. The maximum absolute atomic E-state index is 6.08. The van der Waals surface area contributed by atoms with Crippen molar-refractivity contribution in [3.63, 3.8) is 0 Å². The van der Waals surface area contributed by atoms with E-state index >= 15 is 0 Å². The predicted molar refractivity (Wildman–Crippen MR) is 115 cm³/mol. The summed E-state index contributed by atoms with van der Waals surface area (Å²) in [5, 5.41) is 7.75. The van der Waals surface area contributed by atoms with Gasteiger partial charge in [-0.2, -0.15) is 5.10 Å². The van der Waals surface area contributed by atoms with E-state index in [1.54, 1.807) is 0 Å². The molecule has 0 bridgehead atoms. The molecule has 5 rings (SSSR count). The van der Waals surface area contributed by atoms with Crippen LogP contribution in [0.25, 0.3) is 38.8 Å². The van der Waals surface area contributed by atoms with Crippen LogP contribution >= 0.6 is 27.5 Å². The first-order valence-corrected chi connectivity index (χ1v) is 9.66. The summed E-state index contributed by atoms with van der Waals surface area (Å²) in [6.07, 6.45) is 1.91. The van der Waals surface area contributed by atoms with E-state index in [9.17, 15) is 0 Å². The summed E-state index contributed by atoms with van der Waals surface area (Å²) in [4.78, 5) is 4.65. The molecule has 0 unspecified atom stereocenters. The zero-order valence-electron chi connectivity index (χ0n) is 14.1. The Morgan fingerprint density at radius 1 is 0.815 bits per heavy atom. The lowest BCUT2D eigenvalue weighted by molar-refractivity contribution is 0.918. The molecule has 0 amide bonds. The van der Waals surface area contributed by atoms with E-state index in [0.29, 0.717) is 5.02 Å². The number of para-hydroxylation sites is 1. The highest BCUT2D eigenvalue weighted by molar-refractivity contribution is 9.10. The molecule has 0 aliphatic carbocycles. The molecule has 3 nitrogen and oxygen atoms in total. The third-order valence-corrected chi connectivity index (χ3v) is 5.38. The minimum Gasteiger partial charge on any atom is -0.255 e. The smallest absolute Gasteiger partial charge is 0.102 e. The molecule has 5 heteroatoms. The number of hydrogen-bond donors (Lipinski definition) is 0. The summed E-state index contributed by atoms with van der Waals surface area (Å²) < 4.78 is 3.02. The molecule has 0 fully saturated rings. The lowest BCUT2D eigenvalue weighted by Gasteiger charge is -2.06. The van der Waals surface area contributed by atoms with E-state index in [1.165, 1.54) is 0 Å². The van der Waals surface area contributed by atoms with Gasteiger partial charge in [0.1, 0.15) is 5.69 Å². The summed E-state index contributed by atoms with van der Waals surface area (Å²) in [5.41, 5.74) is 4.91. The summed E-state index contributed by atoms with van der Waals surface area (Å²) in [5.74, 6) is 0. The van der Waals surface area contributed by atoms with E-state index in [2.05, 4.69) is 39.1 Å². The van der Waals surface area contributed by atoms with Gasteiger partial charge in [-0.25, -0.2) is 4.68 Å². The molecule has 0 saturated heterocycles. The molecule has 0 spiro atoms. The molecule has 0 atom stereocenters. The predicted octanol–water partition coefficient (Wildman–Crippen LogP) is 6.66. The summed E-state index contributed by atoms with van der Waals surface area (Å²) in [6.45, 7) is 0. The maximum Gasteiger partial charge on any atom is 0.102 e. The van der Waals surface area contributed by atoms with E-state index < -0.39 is 0 Å². The van der Waals surface area contributed by atoms with Gasteiger partial charge in [-0.05, 0) is 42.5 Å². The summed E-state index contributed by atoms with van der Waals surface area (Å²) >= 11 is 9.58. The maximum atomic E-state index is 6.08. The van der Waals surface area contributed by atoms with Gasteiger partial charge in [0.15, 0.2) is 0 Å². The van der Waals surface area contributed by atoms with Crippen molar-refractivity contribution >= 4 is 49.3 Å². The lowest BCUT2D eigenvalue weighted by atomic mass is 10.1. The molecule has 0 saturated carbocycles. The highest BCUT2D eigenvalue weighted by atomic mass is 79.9. The van der Waals surface area contributed by atoms with Crippen molar-refractivity contribution in [3.8, 4) is 16.9 Å². The van der Waals surface area contributed by atoms with Crippen LogP contribution in [0.3, 0.4) is 0 Å². The second-order valence-electron chi connectivity index (χ2n) is 6.28. The Bertz CT molecular complexity index is 1280. The van der Waals surface area contributed by atoms with E-state index in [1.807, 2.05) is 65.5 Å². The highest BCUT2D eigenvalue weighted by Crippen LogP contribution is 2.34. The Morgan fingerprint density at radius 3 is 2.33 bits per heavy atom. The number of aromatic nitrogens is 3. The molecule has 0 aliphatic heterocycles. The molecule has 2 heterocycles. The Hall–Kier alpha value is -2.69. The molecule has 130 valence electrons. The van der Waals surface area contributed by atoms with Gasteiger partial charge in [0.2, 0.25) is 0 Å². The minimum atomic E-state index is 0.704. The van der Waals surface area contributed by atoms with Crippen LogP contribution in [0, 0.1) is 0 Å². The molecule has 0 aliphatic rings. The van der Waals surface area contributed by atoms with Crippen molar-refractivity contribution < 1.29 is 0 Å². The fourth-order valence-corrected chi connectivity index (χ4v) is 3.71. The normalized spacial score (nSPS) is 11.3. The quantitative estimate of drug-likeness (QED) is 0.311. The highest BCUT2D eigenvalue weighted by Gasteiger charge is 2.16. The first-order chi connectivity index (χ1) is 13.2. The fourth-order valence-electron chi connectivity index (χ4n) is 3.32. The van der Waals surface area contributed by atoms with Crippen LogP contribution in [0.2, 0.25) is 5.02 Å². The minimum absolute atomic E-state index is 0.704. The average Bonchev–Trinajstić information content (AvgIpc) is 3.09. The van der Waals surface area contributed by atoms with Crippen molar-refractivity contribution in [3.05, 3.63) is 88.5 Å². The summed E-state index contributed by atoms with van der Waals surface area (Å²) in [6, 6.07) is 24.0. The number of halogens is 2. The zero-order chi connectivity index (χ0) is 18.4. The van der Waals surface area contributed by atoms with Crippen LogP contribution in [0.1, 0.15) is 0 Å². The number of fused-ring (bicyclic) bond motifs is 3. The average molecular weight is 435 g/mol. The monoisotopic (exact) mass is 433 g/mol. The third kappa shape index (κ3) is 2.82. The van der Waals surface area contributed by atoms with Gasteiger partial charge in [0.05, 0.1) is 16.7 Å². The molecular weight excluding hydrogens is 422 g/mol. The van der Waals surface area contributed by atoms with Crippen molar-refractivity contribution in [2.45, 2.75) is 0 Å². The molecule has 27 heavy (non-hydrogen) atoms. The number of pyridine rings is 1. The van der Waals surface area contributed by atoms with Gasteiger partial charge in [-0.3, -0.25) is 4.98 Å². The van der Waals surface area contributed by atoms with Crippen LogP contribution < -0.4 is 0 Å². The van der Waals surface area contributed by atoms with Gasteiger partial charge >= 0.3 is 0 Å². The number of nitrogens with zero attached hydrogens (tertiary/aromatic N) is 3. The molecule has 0 N–H and O–H groups in total. The van der Waals surface area contributed by atoms with Crippen LogP contribution in [0.15, 0.2) is 83.5 Å². The Balaban J connectivity index is 1.88. The molecule has 0 radical (unpaired) electrons. The molecular formula is C22H13BrClN3. The van der Waals surface area contributed by atoms with E-state index in [-0.39, 0.29) is 0 Å². The number of benzene rings is 3. The van der Waals surface area contributed by atoms with Gasteiger partial charge in [-0.15, -0.1) is 0 Å². The lowest BCUT2D eigenvalue weighted by Crippen LogP contribution is -1.97. The Labute approximate surface area is 169 Å². The molecule has 3 aromatic carbocycles. The van der Waals surface area contributed by atoms with Crippen molar-refractivity contribution in [1.29, 1.82) is 0 Å².